The summed E-state index contributed by atoms with van der Waals surface area (Å²) < 4.78 is 5.03. The van der Waals surface area contributed by atoms with E-state index in [9.17, 15) is 15.0 Å². The van der Waals surface area contributed by atoms with E-state index in [1.807, 2.05) is 0 Å². The lowest BCUT2D eigenvalue weighted by atomic mass is 10.2. The minimum absolute atomic E-state index is 0.00271. The molecule has 0 aliphatic carbocycles. The molecule has 0 aromatic heterocycles. The van der Waals surface area contributed by atoms with Crippen molar-refractivity contribution in [3.05, 3.63) is 53.6 Å². The molecule has 2 aromatic rings. The summed E-state index contributed by atoms with van der Waals surface area (Å²) >= 11 is 0. The Kier molecular flexibility index (Phi) is 4.40. The van der Waals surface area contributed by atoms with Crippen LogP contribution in [0.2, 0.25) is 0 Å². The monoisotopic (exact) mass is 286 g/mol. The van der Waals surface area contributed by atoms with E-state index in [0.29, 0.717) is 11.3 Å². The highest BCUT2D eigenvalue weighted by Gasteiger charge is 2.05. The maximum atomic E-state index is 11.8. The summed E-state index contributed by atoms with van der Waals surface area (Å²) in [6, 6.07) is 10.6. The molecule has 108 valence electrons. The third-order valence-electron chi connectivity index (χ3n) is 2.71. The number of carbonyl (C=O) groups excluding carboxylic acids is 1. The molecule has 0 atom stereocenters. The summed E-state index contributed by atoms with van der Waals surface area (Å²) in [5.41, 5.74) is 2.99. The van der Waals surface area contributed by atoms with Crippen LogP contribution in [0, 0.1) is 0 Å². The van der Waals surface area contributed by atoms with E-state index in [4.69, 9.17) is 4.74 Å². The number of hydrogen-bond acceptors (Lipinski definition) is 5. The molecule has 0 saturated carbocycles. The summed E-state index contributed by atoms with van der Waals surface area (Å²) in [5.74, 6) is 0.112. The van der Waals surface area contributed by atoms with E-state index in [1.165, 1.54) is 31.5 Å². The second-order valence-electron chi connectivity index (χ2n) is 4.17. The van der Waals surface area contributed by atoms with Crippen molar-refractivity contribution in [3.8, 4) is 17.2 Å². The maximum Gasteiger partial charge on any atom is 0.271 e. The molecule has 6 heteroatoms. The van der Waals surface area contributed by atoms with Crippen LogP contribution in [-0.2, 0) is 0 Å². The number of phenolic OH excluding ortho intramolecular Hbond substituents is 2. The van der Waals surface area contributed by atoms with E-state index < -0.39 is 5.91 Å². The molecule has 0 bridgehead atoms. The van der Waals surface area contributed by atoms with Crippen molar-refractivity contribution in [3.63, 3.8) is 0 Å². The van der Waals surface area contributed by atoms with Crippen molar-refractivity contribution >= 4 is 12.1 Å². The number of methoxy groups -OCH3 is 1. The maximum absolute atomic E-state index is 11.8. The van der Waals surface area contributed by atoms with Gasteiger partial charge in [0.15, 0.2) is 0 Å². The van der Waals surface area contributed by atoms with Crippen molar-refractivity contribution in [1.82, 2.24) is 5.43 Å². The van der Waals surface area contributed by atoms with Crippen LogP contribution in [0.4, 0.5) is 0 Å². The highest BCUT2D eigenvalue weighted by Crippen LogP contribution is 2.21. The molecule has 0 radical (unpaired) electrons. The van der Waals surface area contributed by atoms with Gasteiger partial charge in [0.1, 0.15) is 17.2 Å². The van der Waals surface area contributed by atoms with Crippen molar-refractivity contribution in [2.75, 3.05) is 7.11 Å². The first-order valence-corrected chi connectivity index (χ1v) is 6.09. The van der Waals surface area contributed by atoms with Gasteiger partial charge in [0.05, 0.1) is 13.3 Å². The molecule has 0 spiro atoms. The summed E-state index contributed by atoms with van der Waals surface area (Å²) in [4.78, 5) is 11.8. The predicted octanol–water partition coefficient (Wildman–Crippen LogP) is 1.87. The normalized spacial score (nSPS) is 10.5. The van der Waals surface area contributed by atoms with Crippen LogP contribution in [-0.4, -0.2) is 29.4 Å². The Balaban J connectivity index is 2.07. The number of nitrogens with one attached hydrogen (secondary N) is 1. The number of aromatic hydroxyl groups is 2. The Labute approximate surface area is 121 Å². The van der Waals surface area contributed by atoms with Crippen LogP contribution < -0.4 is 10.2 Å². The summed E-state index contributed by atoms with van der Waals surface area (Å²) in [6.45, 7) is 0. The molecule has 0 aliphatic heterocycles. The van der Waals surface area contributed by atoms with Gasteiger partial charge in [0.25, 0.3) is 5.91 Å². The standard InChI is InChI=1S/C15H14N2O4/c1-21-13-5-6-14(19)11(8-13)9-16-17-15(20)10-3-2-4-12(18)7-10/h2-9,18-19H,1H3,(H,17,20)/b16-9+. The summed E-state index contributed by atoms with van der Waals surface area (Å²) in [6.07, 6.45) is 1.30. The number of hydrazone groups is 1. The molecule has 0 heterocycles. The number of ether oxygens (including phenoxy) is 1. The lowest BCUT2D eigenvalue weighted by molar-refractivity contribution is 0.0954. The second kappa shape index (κ2) is 6.42. The molecular formula is C15H14N2O4. The SMILES string of the molecule is COc1ccc(O)c(/C=N/NC(=O)c2cccc(O)c2)c1. The minimum atomic E-state index is -0.468. The molecule has 0 unspecified atom stereocenters. The molecule has 0 saturated heterocycles. The van der Waals surface area contributed by atoms with Gasteiger partial charge >= 0.3 is 0 Å². The summed E-state index contributed by atoms with van der Waals surface area (Å²) in [7, 11) is 1.51. The van der Waals surface area contributed by atoms with Crippen molar-refractivity contribution in [1.29, 1.82) is 0 Å². The van der Waals surface area contributed by atoms with Gasteiger partial charge in [-0.15, -0.1) is 0 Å². The Bertz CT molecular complexity index is 683. The van der Waals surface area contributed by atoms with Gasteiger partial charge in [-0.2, -0.15) is 5.10 Å². The minimum Gasteiger partial charge on any atom is -0.508 e. The van der Waals surface area contributed by atoms with Crippen LogP contribution in [0.5, 0.6) is 17.2 Å². The van der Waals surface area contributed by atoms with Gasteiger partial charge in [-0.3, -0.25) is 4.79 Å². The zero-order valence-corrected chi connectivity index (χ0v) is 11.3. The molecule has 2 rings (SSSR count). The van der Waals surface area contributed by atoms with Crippen molar-refractivity contribution in [2.45, 2.75) is 0 Å². The lowest BCUT2D eigenvalue weighted by Crippen LogP contribution is -2.17. The number of rotatable bonds is 4. The molecule has 0 aliphatic rings. The van der Waals surface area contributed by atoms with Gasteiger partial charge < -0.3 is 14.9 Å². The fraction of sp³-hybridized carbons (Fsp3) is 0.0667. The van der Waals surface area contributed by atoms with Gasteiger partial charge in [-0.1, -0.05) is 6.07 Å². The Morgan fingerprint density at radius 3 is 2.76 bits per heavy atom. The third-order valence-corrected chi connectivity index (χ3v) is 2.71. The van der Waals surface area contributed by atoms with Crippen LogP contribution in [0.3, 0.4) is 0 Å². The van der Waals surface area contributed by atoms with E-state index in [-0.39, 0.29) is 17.1 Å². The fourth-order valence-electron chi connectivity index (χ4n) is 1.64. The highest BCUT2D eigenvalue weighted by atomic mass is 16.5. The number of hydrogen-bond donors (Lipinski definition) is 3. The quantitative estimate of drug-likeness (QED) is 0.591. The fourth-order valence-corrected chi connectivity index (χ4v) is 1.64. The van der Waals surface area contributed by atoms with E-state index >= 15 is 0 Å². The Morgan fingerprint density at radius 1 is 1.24 bits per heavy atom. The molecule has 2 aromatic carbocycles. The Hall–Kier alpha value is -3.02. The van der Waals surface area contributed by atoms with E-state index in [2.05, 4.69) is 10.5 Å². The largest absolute Gasteiger partial charge is 0.508 e. The first-order valence-electron chi connectivity index (χ1n) is 6.09. The first-order chi connectivity index (χ1) is 10.1. The zero-order valence-electron chi connectivity index (χ0n) is 11.3. The molecule has 1 amide bonds. The molecular weight excluding hydrogens is 272 g/mol. The number of nitrogens with zero attached hydrogens (tertiary/aromatic N) is 1. The number of benzene rings is 2. The van der Waals surface area contributed by atoms with E-state index in [0.717, 1.165) is 0 Å². The van der Waals surface area contributed by atoms with Crippen molar-refractivity contribution in [2.24, 2.45) is 5.10 Å². The van der Waals surface area contributed by atoms with Crippen LogP contribution in [0.1, 0.15) is 15.9 Å². The summed E-state index contributed by atoms with van der Waals surface area (Å²) in [5, 5.41) is 22.7. The first kappa shape index (κ1) is 14.4. The van der Waals surface area contributed by atoms with Gasteiger partial charge in [-0.05, 0) is 36.4 Å². The number of carbonyl (C=O) groups is 1. The van der Waals surface area contributed by atoms with Crippen LogP contribution >= 0.6 is 0 Å². The van der Waals surface area contributed by atoms with Crippen molar-refractivity contribution < 1.29 is 19.7 Å². The third kappa shape index (κ3) is 3.73. The molecule has 6 nitrogen and oxygen atoms in total. The van der Waals surface area contributed by atoms with E-state index in [1.54, 1.807) is 24.3 Å². The average molecular weight is 286 g/mol. The van der Waals surface area contributed by atoms with Gasteiger partial charge in [-0.25, -0.2) is 5.43 Å². The Morgan fingerprint density at radius 2 is 2.05 bits per heavy atom. The van der Waals surface area contributed by atoms with Crippen LogP contribution in [0.15, 0.2) is 47.6 Å². The smallest absolute Gasteiger partial charge is 0.271 e. The number of amides is 1. The zero-order chi connectivity index (χ0) is 15.2. The van der Waals surface area contributed by atoms with Gasteiger partial charge in [0.2, 0.25) is 0 Å². The highest BCUT2D eigenvalue weighted by molar-refractivity contribution is 5.95. The topological polar surface area (TPSA) is 91.2 Å². The predicted molar refractivity (Wildman–Crippen MR) is 77.8 cm³/mol. The number of phenols is 2. The van der Waals surface area contributed by atoms with Gasteiger partial charge in [0, 0.05) is 11.1 Å². The molecule has 21 heavy (non-hydrogen) atoms. The molecule has 0 fully saturated rings. The second-order valence-corrected chi connectivity index (χ2v) is 4.17. The van der Waals surface area contributed by atoms with Crippen LogP contribution in [0.25, 0.3) is 0 Å². The molecule has 3 N–H and O–H groups in total. The average Bonchev–Trinajstić information content (AvgIpc) is 2.49. The lowest BCUT2D eigenvalue weighted by Gasteiger charge is -2.03.